The van der Waals surface area contributed by atoms with Crippen molar-refractivity contribution in [2.45, 2.75) is 18.9 Å². The first-order valence-corrected chi connectivity index (χ1v) is 10.1. The third kappa shape index (κ3) is 4.63. The first kappa shape index (κ1) is 21.5. The minimum atomic E-state index is -0.961. The highest BCUT2D eigenvalue weighted by Gasteiger charge is 2.48. The van der Waals surface area contributed by atoms with E-state index in [1.165, 1.54) is 24.3 Å². The van der Waals surface area contributed by atoms with Crippen LogP contribution in [0.3, 0.4) is 0 Å². The first-order valence-electron chi connectivity index (χ1n) is 9.73. The number of nitrogens with one attached hydrogen (secondary N) is 5. The third-order valence-corrected chi connectivity index (χ3v) is 5.52. The number of nitrogens with zero attached hydrogens (tertiary/aromatic N) is 1. The standard InChI is InChI=1S/C20H19ClN6O5/c21-10-4-6-11(7-5-10)23-20-25-17-16(19(30)26-20)14(9-15(28)24-17)18(29)22-12-2-1-3-13(8-12)27(31)32/h1-8,14,16-17,20,23,25H,9H2,(H,22,29)(H,24,28)(H,26,30). The highest BCUT2D eigenvalue weighted by molar-refractivity contribution is 6.30. The molecule has 2 aromatic carbocycles. The fourth-order valence-electron chi connectivity index (χ4n) is 3.80. The molecule has 4 atom stereocenters. The average Bonchev–Trinajstić information content (AvgIpc) is 2.74. The molecular formula is C20H19ClN6O5. The summed E-state index contributed by atoms with van der Waals surface area (Å²) in [7, 11) is 0. The lowest BCUT2D eigenvalue weighted by atomic mass is 9.81. The Morgan fingerprint density at radius 2 is 1.84 bits per heavy atom. The first-order chi connectivity index (χ1) is 15.3. The second-order valence-electron chi connectivity index (χ2n) is 7.44. The Balaban J connectivity index is 1.48. The number of piperidine rings is 1. The van der Waals surface area contributed by atoms with Crippen LogP contribution in [0.4, 0.5) is 17.1 Å². The summed E-state index contributed by atoms with van der Waals surface area (Å²) in [5, 5.41) is 25.7. The van der Waals surface area contributed by atoms with E-state index >= 15 is 0 Å². The molecular weight excluding hydrogens is 440 g/mol. The van der Waals surface area contributed by atoms with E-state index < -0.39 is 46.9 Å². The molecule has 0 bridgehead atoms. The van der Waals surface area contributed by atoms with Crippen molar-refractivity contribution in [1.82, 2.24) is 16.0 Å². The van der Waals surface area contributed by atoms with E-state index in [9.17, 15) is 24.5 Å². The summed E-state index contributed by atoms with van der Waals surface area (Å²) in [5.41, 5.74) is 0.709. The van der Waals surface area contributed by atoms with Gasteiger partial charge in [-0.1, -0.05) is 17.7 Å². The van der Waals surface area contributed by atoms with Crippen molar-refractivity contribution in [2.24, 2.45) is 11.8 Å². The number of nitro benzene ring substituents is 1. The van der Waals surface area contributed by atoms with Gasteiger partial charge in [0.15, 0.2) is 6.29 Å². The van der Waals surface area contributed by atoms with E-state index in [0.29, 0.717) is 10.7 Å². The van der Waals surface area contributed by atoms with Crippen LogP contribution in [0.5, 0.6) is 0 Å². The number of amides is 3. The lowest BCUT2D eigenvalue weighted by molar-refractivity contribution is -0.384. The molecule has 0 aliphatic carbocycles. The maximum Gasteiger partial charge on any atom is 0.271 e. The number of carbonyl (C=O) groups excluding carboxylic acids is 3. The quantitative estimate of drug-likeness (QED) is 0.335. The van der Waals surface area contributed by atoms with Crippen LogP contribution in [0.25, 0.3) is 0 Å². The van der Waals surface area contributed by atoms with Gasteiger partial charge in [0, 0.05) is 35.0 Å². The maximum absolute atomic E-state index is 12.9. The van der Waals surface area contributed by atoms with E-state index in [0.717, 1.165) is 0 Å². The van der Waals surface area contributed by atoms with Gasteiger partial charge in [-0.25, -0.2) is 0 Å². The average molecular weight is 459 g/mol. The van der Waals surface area contributed by atoms with Gasteiger partial charge >= 0.3 is 0 Å². The normalized spacial score (nSPS) is 24.5. The number of hydrogen-bond acceptors (Lipinski definition) is 7. The van der Waals surface area contributed by atoms with Crippen molar-refractivity contribution >= 4 is 46.4 Å². The topological polar surface area (TPSA) is 154 Å². The van der Waals surface area contributed by atoms with Gasteiger partial charge in [-0.15, -0.1) is 0 Å². The summed E-state index contributed by atoms with van der Waals surface area (Å²) in [6, 6.07) is 12.3. The number of fused-ring (bicyclic) bond motifs is 1. The zero-order valence-corrected chi connectivity index (χ0v) is 17.3. The van der Waals surface area contributed by atoms with Gasteiger partial charge in [0.05, 0.1) is 22.9 Å². The summed E-state index contributed by atoms with van der Waals surface area (Å²) in [6.07, 6.45) is -1.66. The summed E-state index contributed by atoms with van der Waals surface area (Å²) in [6.45, 7) is 0. The molecule has 5 N–H and O–H groups in total. The van der Waals surface area contributed by atoms with Crippen LogP contribution in [0.1, 0.15) is 6.42 Å². The Labute approximate surface area is 187 Å². The SMILES string of the molecule is O=C1CC(C(=O)Nc2cccc([N+](=O)[O-])c2)C2C(=O)NC(Nc3ccc(Cl)cc3)NC2N1. The molecule has 2 saturated heterocycles. The minimum absolute atomic E-state index is 0.185. The van der Waals surface area contributed by atoms with Crippen LogP contribution in [0.2, 0.25) is 5.02 Å². The number of non-ortho nitro benzene ring substituents is 1. The Kier molecular flexibility index (Phi) is 5.93. The maximum atomic E-state index is 12.9. The number of carbonyl (C=O) groups is 3. The molecule has 2 heterocycles. The van der Waals surface area contributed by atoms with Crippen molar-refractivity contribution in [3.63, 3.8) is 0 Å². The summed E-state index contributed by atoms with van der Waals surface area (Å²) in [4.78, 5) is 48.4. The monoisotopic (exact) mass is 458 g/mol. The summed E-state index contributed by atoms with van der Waals surface area (Å²) >= 11 is 5.88. The highest BCUT2D eigenvalue weighted by Crippen LogP contribution is 2.28. The van der Waals surface area contributed by atoms with Gasteiger partial charge in [-0.3, -0.25) is 29.8 Å². The molecule has 4 unspecified atom stereocenters. The molecule has 2 aliphatic heterocycles. The number of anilines is 2. The number of hydrogen-bond donors (Lipinski definition) is 5. The van der Waals surface area contributed by atoms with Gasteiger partial charge in [-0.2, -0.15) is 0 Å². The lowest BCUT2D eigenvalue weighted by Gasteiger charge is -2.43. The fourth-order valence-corrected chi connectivity index (χ4v) is 3.92. The smallest absolute Gasteiger partial charge is 0.271 e. The van der Waals surface area contributed by atoms with Crippen LogP contribution in [-0.4, -0.2) is 35.1 Å². The van der Waals surface area contributed by atoms with E-state index in [1.54, 1.807) is 24.3 Å². The molecule has 12 heteroatoms. The Morgan fingerprint density at radius 1 is 1.09 bits per heavy atom. The molecule has 11 nitrogen and oxygen atoms in total. The van der Waals surface area contributed by atoms with Crippen molar-refractivity contribution < 1.29 is 19.3 Å². The van der Waals surface area contributed by atoms with E-state index in [4.69, 9.17) is 11.6 Å². The molecule has 0 saturated carbocycles. The molecule has 2 aliphatic rings. The van der Waals surface area contributed by atoms with Crippen molar-refractivity contribution in [1.29, 1.82) is 0 Å². The molecule has 0 aromatic heterocycles. The zero-order valence-electron chi connectivity index (χ0n) is 16.5. The van der Waals surface area contributed by atoms with Crippen LogP contribution in [0.15, 0.2) is 48.5 Å². The fraction of sp³-hybridized carbons (Fsp3) is 0.250. The van der Waals surface area contributed by atoms with E-state index in [1.807, 2.05) is 0 Å². The molecule has 166 valence electrons. The Bertz CT molecular complexity index is 1080. The third-order valence-electron chi connectivity index (χ3n) is 5.27. The second-order valence-corrected chi connectivity index (χ2v) is 7.87. The summed E-state index contributed by atoms with van der Waals surface area (Å²) < 4.78 is 0. The molecule has 2 fully saturated rings. The van der Waals surface area contributed by atoms with Gasteiger partial charge < -0.3 is 21.3 Å². The van der Waals surface area contributed by atoms with Crippen LogP contribution >= 0.6 is 11.6 Å². The van der Waals surface area contributed by atoms with Crippen molar-refractivity contribution in [3.05, 3.63) is 63.7 Å². The van der Waals surface area contributed by atoms with Crippen molar-refractivity contribution in [3.8, 4) is 0 Å². The number of halogens is 1. The largest absolute Gasteiger partial charge is 0.353 e. The van der Waals surface area contributed by atoms with Gasteiger partial charge in [0.1, 0.15) is 0 Å². The molecule has 2 aromatic rings. The molecule has 0 spiro atoms. The summed E-state index contributed by atoms with van der Waals surface area (Å²) in [5.74, 6) is -3.21. The predicted molar refractivity (Wildman–Crippen MR) is 115 cm³/mol. The van der Waals surface area contributed by atoms with Crippen LogP contribution < -0.4 is 26.6 Å². The number of benzene rings is 2. The van der Waals surface area contributed by atoms with Gasteiger partial charge in [-0.05, 0) is 30.3 Å². The predicted octanol–water partition coefficient (Wildman–Crippen LogP) is 1.38. The Hall–Kier alpha value is -3.70. The minimum Gasteiger partial charge on any atom is -0.353 e. The van der Waals surface area contributed by atoms with E-state index in [-0.39, 0.29) is 17.8 Å². The second kappa shape index (κ2) is 8.81. The number of nitro groups is 1. The van der Waals surface area contributed by atoms with Crippen LogP contribution in [0, 0.1) is 22.0 Å². The van der Waals surface area contributed by atoms with Crippen molar-refractivity contribution in [2.75, 3.05) is 10.6 Å². The molecule has 32 heavy (non-hydrogen) atoms. The van der Waals surface area contributed by atoms with Gasteiger partial charge in [0.25, 0.3) is 5.69 Å². The molecule has 3 amide bonds. The zero-order chi connectivity index (χ0) is 22.8. The molecule has 4 rings (SSSR count). The highest BCUT2D eigenvalue weighted by atomic mass is 35.5. The van der Waals surface area contributed by atoms with E-state index in [2.05, 4.69) is 26.6 Å². The van der Waals surface area contributed by atoms with Crippen LogP contribution in [-0.2, 0) is 14.4 Å². The lowest BCUT2D eigenvalue weighted by Crippen LogP contribution is -2.72. The Morgan fingerprint density at radius 3 is 2.56 bits per heavy atom. The van der Waals surface area contributed by atoms with Gasteiger partial charge in [0.2, 0.25) is 17.7 Å². The molecule has 0 radical (unpaired) electrons. The number of rotatable bonds is 5.